The van der Waals surface area contributed by atoms with Gasteiger partial charge in [-0.3, -0.25) is 10.1 Å². The monoisotopic (exact) mass is 282 g/mol. The van der Waals surface area contributed by atoms with E-state index in [1.54, 1.807) is 22.9 Å². The summed E-state index contributed by atoms with van der Waals surface area (Å²) in [6.45, 7) is 0. The number of carbonyl (C=O) groups excluding carboxylic acids is 1. The summed E-state index contributed by atoms with van der Waals surface area (Å²) in [6.07, 6.45) is 1.68. The maximum absolute atomic E-state index is 11.6. The number of rotatable bonds is 1. The van der Waals surface area contributed by atoms with Crippen LogP contribution in [0.2, 0.25) is 10.0 Å². The van der Waals surface area contributed by atoms with Gasteiger partial charge in [-0.15, -0.1) is 0 Å². The molecule has 2 aromatic rings. The molecule has 3 rings (SSSR count). The minimum Gasteiger partial charge on any atom is -0.295 e. The van der Waals surface area contributed by atoms with Gasteiger partial charge in [-0.1, -0.05) is 29.3 Å². The highest BCUT2D eigenvalue weighted by atomic mass is 35.5. The van der Waals surface area contributed by atoms with Crippen molar-refractivity contribution in [3.63, 3.8) is 0 Å². The number of fused-ring (bicyclic) bond motifs is 1. The van der Waals surface area contributed by atoms with Gasteiger partial charge in [0.05, 0.1) is 12.5 Å². The van der Waals surface area contributed by atoms with Gasteiger partial charge >= 0.3 is 0 Å². The molecule has 1 aliphatic heterocycles. The lowest BCUT2D eigenvalue weighted by Gasteiger charge is -2.24. The van der Waals surface area contributed by atoms with E-state index in [0.717, 1.165) is 5.56 Å². The standard InChI is InChI=1S/C11H8Cl2N4O/c12-6-1-2-7(8(13)3-6)9-4-10(18)16-11-14-5-15-17(9)11/h1-3,5,9H,4H2,(H,14,15,16,18). The predicted octanol–water partition coefficient (Wildman–Crippen LogP) is 2.52. The largest absolute Gasteiger partial charge is 0.295 e. The van der Waals surface area contributed by atoms with Crippen molar-refractivity contribution in [3.05, 3.63) is 40.1 Å². The molecule has 0 saturated carbocycles. The minimum atomic E-state index is -0.249. The van der Waals surface area contributed by atoms with Gasteiger partial charge in [-0.05, 0) is 17.7 Å². The highest BCUT2D eigenvalue weighted by Crippen LogP contribution is 2.33. The molecule has 1 aromatic carbocycles. The molecule has 0 saturated heterocycles. The average Bonchev–Trinajstić information content (AvgIpc) is 2.76. The van der Waals surface area contributed by atoms with Crippen LogP contribution in [-0.4, -0.2) is 20.7 Å². The van der Waals surface area contributed by atoms with Gasteiger partial charge in [0.2, 0.25) is 11.9 Å². The van der Waals surface area contributed by atoms with Gasteiger partial charge in [0.15, 0.2) is 0 Å². The zero-order valence-corrected chi connectivity index (χ0v) is 10.6. The Labute approximate surface area is 113 Å². The van der Waals surface area contributed by atoms with E-state index in [1.165, 1.54) is 6.33 Å². The number of benzene rings is 1. The second-order valence-electron chi connectivity index (χ2n) is 3.96. The molecule has 1 unspecified atom stereocenters. The van der Waals surface area contributed by atoms with Crippen LogP contribution in [0.4, 0.5) is 5.95 Å². The first-order chi connectivity index (χ1) is 8.65. The van der Waals surface area contributed by atoms with Crippen molar-refractivity contribution >= 4 is 35.1 Å². The quantitative estimate of drug-likeness (QED) is 0.874. The van der Waals surface area contributed by atoms with E-state index in [0.29, 0.717) is 16.0 Å². The second kappa shape index (κ2) is 4.26. The number of amides is 1. The van der Waals surface area contributed by atoms with Gasteiger partial charge in [-0.25, -0.2) is 4.68 Å². The number of aromatic nitrogens is 3. The molecule has 92 valence electrons. The predicted molar refractivity (Wildman–Crippen MR) is 67.9 cm³/mol. The van der Waals surface area contributed by atoms with Crippen LogP contribution in [0, 0.1) is 0 Å². The fraction of sp³-hybridized carbons (Fsp3) is 0.182. The third kappa shape index (κ3) is 1.85. The Kier molecular flexibility index (Phi) is 2.72. The SMILES string of the molecule is O=C1CC(c2ccc(Cl)cc2Cl)n2ncnc2N1. The molecular weight excluding hydrogens is 275 g/mol. The van der Waals surface area contributed by atoms with Crippen LogP contribution in [0.5, 0.6) is 0 Å². The van der Waals surface area contributed by atoms with E-state index in [-0.39, 0.29) is 18.4 Å². The normalized spacial score (nSPS) is 18.3. The maximum atomic E-state index is 11.6. The van der Waals surface area contributed by atoms with Crippen LogP contribution < -0.4 is 5.32 Å². The molecule has 1 atom stereocenters. The summed E-state index contributed by atoms with van der Waals surface area (Å²) < 4.78 is 1.65. The second-order valence-corrected chi connectivity index (χ2v) is 4.81. The molecule has 1 aliphatic rings. The number of hydrogen-bond acceptors (Lipinski definition) is 3. The zero-order chi connectivity index (χ0) is 12.7. The first-order valence-electron chi connectivity index (χ1n) is 5.29. The number of anilines is 1. The molecule has 18 heavy (non-hydrogen) atoms. The van der Waals surface area contributed by atoms with Crippen molar-refractivity contribution in [2.24, 2.45) is 0 Å². The molecule has 0 bridgehead atoms. The third-order valence-corrected chi connectivity index (χ3v) is 3.38. The number of nitrogens with zero attached hydrogens (tertiary/aromatic N) is 3. The van der Waals surface area contributed by atoms with E-state index in [1.807, 2.05) is 0 Å². The van der Waals surface area contributed by atoms with Crippen LogP contribution in [0.15, 0.2) is 24.5 Å². The van der Waals surface area contributed by atoms with Crippen molar-refractivity contribution in [2.75, 3.05) is 5.32 Å². The van der Waals surface area contributed by atoms with Crippen molar-refractivity contribution in [1.29, 1.82) is 0 Å². The Bertz CT molecular complexity index is 625. The summed E-state index contributed by atoms with van der Waals surface area (Å²) in [5.41, 5.74) is 0.808. The van der Waals surface area contributed by atoms with Gasteiger partial charge in [0.25, 0.3) is 0 Å². The summed E-state index contributed by atoms with van der Waals surface area (Å²) in [4.78, 5) is 15.6. The molecular formula is C11H8Cl2N4O. The van der Waals surface area contributed by atoms with Crippen LogP contribution >= 0.6 is 23.2 Å². The Morgan fingerprint density at radius 2 is 2.22 bits per heavy atom. The molecule has 0 spiro atoms. The van der Waals surface area contributed by atoms with Gasteiger partial charge in [0.1, 0.15) is 6.33 Å². The number of halogens is 2. The molecule has 7 heteroatoms. The lowest BCUT2D eigenvalue weighted by atomic mass is 10.0. The molecule has 2 heterocycles. The van der Waals surface area contributed by atoms with E-state index in [9.17, 15) is 4.79 Å². The Morgan fingerprint density at radius 1 is 1.39 bits per heavy atom. The summed E-state index contributed by atoms with van der Waals surface area (Å²) in [7, 11) is 0. The summed E-state index contributed by atoms with van der Waals surface area (Å²) >= 11 is 12.0. The fourth-order valence-electron chi connectivity index (χ4n) is 2.02. The van der Waals surface area contributed by atoms with Crippen LogP contribution in [0.3, 0.4) is 0 Å². The highest BCUT2D eigenvalue weighted by molar-refractivity contribution is 6.35. The molecule has 1 amide bonds. The van der Waals surface area contributed by atoms with E-state index in [2.05, 4.69) is 15.4 Å². The van der Waals surface area contributed by atoms with Crippen molar-refractivity contribution in [2.45, 2.75) is 12.5 Å². The van der Waals surface area contributed by atoms with E-state index in [4.69, 9.17) is 23.2 Å². The topological polar surface area (TPSA) is 59.8 Å². The minimum absolute atomic E-state index is 0.105. The molecule has 0 radical (unpaired) electrons. The number of hydrogen-bond donors (Lipinski definition) is 1. The Balaban J connectivity index is 2.10. The van der Waals surface area contributed by atoms with Crippen LogP contribution in [0.1, 0.15) is 18.0 Å². The Hall–Kier alpha value is -1.59. The smallest absolute Gasteiger partial charge is 0.229 e. The first-order valence-corrected chi connectivity index (χ1v) is 6.05. The first kappa shape index (κ1) is 11.5. The maximum Gasteiger partial charge on any atom is 0.229 e. The zero-order valence-electron chi connectivity index (χ0n) is 9.10. The molecule has 5 nitrogen and oxygen atoms in total. The molecule has 1 aromatic heterocycles. The summed E-state index contributed by atoms with van der Waals surface area (Å²) in [5, 5.41) is 7.84. The summed E-state index contributed by atoms with van der Waals surface area (Å²) in [5.74, 6) is 0.328. The van der Waals surface area contributed by atoms with Crippen molar-refractivity contribution < 1.29 is 4.79 Å². The van der Waals surface area contributed by atoms with Gasteiger partial charge in [0, 0.05) is 10.0 Å². The Morgan fingerprint density at radius 3 is 3.00 bits per heavy atom. The van der Waals surface area contributed by atoms with Gasteiger partial charge in [-0.2, -0.15) is 10.1 Å². The van der Waals surface area contributed by atoms with E-state index >= 15 is 0 Å². The lowest BCUT2D eigenvalue weighted by Crippen LogP contribution is -2.29. The van der Waals surface area contributed by atoms with Crippen molar-refractivity contribution in [1.82, 2.24) is 14.8 Å². The average molecular weight is 283 g/mol. The van der Waals surface area contributed by atoms with Crippen LogP contribution in [0.25, 0.3) is 0 Å². The van der Waals surface area contributed by atoms with E-state index < -0.39 is 0 Å². The van der Waals surface area contributed by atoms with Crippen LogP contribution in [-0.2, 0) is 4.79 Å². The van der Waals surface area contributed by atoms with Crippen molar-refractivity contribution in [3.8, 4) is 0 Å². The third-order valence-electron chi connectivity index (χ3n) is 2.82. The molecule has 0 fully saturated rings. The number of carbonyl (C=O) groups is 1. The summed E-state index contributed by atoms with van der Waals surface area (Å²) in [6, 6.07) is 4.95. The lowest BCUT2D eigenvalue weighted by molar-refractivity contribution is -0.117. The molecule has 1 N–H and O–H groups in total. The van der Waals surface area contributed by atoms with Gasteiger partial charge < -0.3 is 0 Å². The molecule has 0 aliphatic carbocycles. The fourth-order valence-corrected chi connectivity index (χ4v) is 2.55. The highest BCUT2D eigenvalue weighted by Gasteiger charge is 2.28. The number of nitrogens with one attached hydrogen (secondary N) is 1.